The predicted molar refractivity (Wildman–Crippen MR) is 111 cm³/mol. The monoisotopic (exact) mass is 397 g/mol. The van der Waals surface area contributed by atoms with E-state index in [9.17, 15) is 4.79 Å². The number of amides is 1. The van der Waals surface area contributed by atoms with Gasteiger partial charge in [0, 0.05) is 11.1 Å². The Morgan fingerprint density at radius 1 is 1.04 bits per heavy atom. The molecule has 0 aliphatic carbocycles. The summed E-state index contributed by atoms with van der Waals surface area (Å²) in [4.78, 5) is 16.5. The summed E-state index contributed by atoms with van der Waals surface area (Å²) < 4.78 is 10.6. The number of pyridine rings is 1. The second-order valence-electron chi connectivity index (χ2n) is 5.97. The number of hydrogen-bond acceptors (Lipinski definition) is 5. The van der Waals surface area contributed by atoms with E-state index in [1.54, 1.807) is 44.7 Å². The van der Waals surface area contributed by atoms with E-state index >= 15 is 0 Å². The fraction of sp³-hybridized carbons (Fsp3) is 0.143. The Kier molecular flexibility index (Phi) is 6.34. The molecule has 0 aliphatic rings. The lowest BCUT2D eigenvalue weighted by molar-refractivity contribution is -0.115. The maximum atomic E-state index is 12.2. The van der Waals surface area contributed by atoms with E-state index in [2.05, 4.69) is 15.6 Å². The minimum atomic E-state index is -0.126. The molecular formula is C21H20ClN3O3. The molecule has 2 N–H and O–H groups in total. The van der Waals surface area contributed by atoms with Gasteiger partial charge in [0.25, 0.3) is 0 Å². The lowest BCUT2D eigenvalue weighted by atomic mass is 10.1. The molecule has 1 amide bonds. The Bertz CT molecular complexity index is 944. The molecule has 0 bridgehead atoms. The van der Waals surface area contributed by atoms with Gasteiger partial charge >= 0.3 is 0 Å². The fourth-order valence-corrected chi connectivity index (χ4v) is 2.71. The van der Waals surface area contributed by atoms with Crippen molar-refractivity contribution in [2.75, 3.05) is 24.9 Å². The van der Waals surface area contributed by atoms with Gasteiger partial charge in [-0.25, -0.2) is 4.98 Å². The van der Waals surface area contributed by atoms with Gasteiger partial charge in [-0.3, -0.25) is 4.79 Å². The minimum absolute atomic E-state index is 0.126. The van der Waals surface area contributed by atoms with E-state index < -0.39 is 0 Å². The highest BCUT2D eigenvalue weighted by atomic mass is 35.5. The smallest absolute Gasteiger partial charge is 0.228 e. The number of nitrogens with one attached hydrogen (secondary N) is 2. The van der Waals surface area contributed by atoms with Crippen LogP contribution in [-0.2, 0) is 11.2 Å². The second kappa shape index (κ2) is 9.10. The topological polar surface area (TPSA) is 72.5 Å². The van der Waals surface area contributed by atoms with Crippen LogP contribution in [0, 0.1) is 0 Å². The number of halogens is 1. The normalized spacial score (nSPS) is 10.2. The summed E-state index contributed by atoms with van der Waals surface area (Å²) in [6.45, 7) is 0. The molecule has 3 aromatic rings. The molecule has 6 nitrogen and oxygen atoms in total. The van der Waals surface area contributed by atoms with Crippen LogP contribution in [0.15, 0.2) is 60.8 Å². The summed E-state index contributed by atoms with van der Waals surface area (Å²) in [6.07, 6.45) is 1.85. The first-order chi connectivity index (χ1) is 13.6. The first kappa shape index (κ1) is 19.5. The minimum Gasteiger partial charge on any atom is -0.497 e. The van der Waals surface area contributed by atoms with Gasteiger partial charge in [-0.15, -0.1) is 0 Å². The maximum absolute atomic E-state index is 12.2. The number of anilines is 3. The Labute approximate surface area is 168 Å². The van der Waals surface area contributed by atoms with Crippen molar-refractivity contribution in [3.8, 4) is 11.5 Å². The highest BCUT2D eigenvalue weighted by molar-refractivity contribution is 6.30. The van der Waals surface area contributed by atoms with Crippen LogP contribution < -0.4 is 20.1 Å². The molecule has 0 unspecified atom stereocenters. The maximum Gasteiger partial charge on any atom is 0.228 e. The average Bonchev–Trinajstić information content (AvgIpc) is 2.71. The molecule has 0 saturated heterocycles. The van der Waals surface area contributed by atoms with Crippen LogP contribution in [0.3, 0.4) is 0 Å². The van der Waals surface area contributed by atoms with Gasteiger partial charge in [-0.2, -0.15) is 0 Å². The third-order valence-electron chi connectivity index (χ3n) is 3.99. The zero-order valence-electron chi connectivity index (χ0n) is 15.5. The van der Waals surface area contributed by atoms with Gasteiger partial charge in [0.05, 0.1) is 38.2 Å². The third-order valence-corrected chi connectivity index (χ3v) is 4.25. The van der Waals surface area contributed by atoms with Crippen LogP contribution in [0.1, 0.15) is 5.56 Å². The van der Waals surface area contributed by atoms with Crippen molar-refractivity contribution in [1.29, 1.82) is 0 Å². The van der Waals surface area contributed by atoms with Crippen molar-refractivity contribution in [2.45, 2.75) is 6.42 Å². The third kappa shape index (κ3) is 5.14. The molecule has 0 fully saturated rings. The van der Waals surface area contributed by atoms with Crippen molar-refractivity contribution in [2.24, 2.45) is 0 Å². The number of hydrogen-bond donors (Lipinski definition) is 2. The molecule has 1 aromatic heterocycles. The number of ether oxygens (including phenoxy) is 2. The zero-order chi connectivity index (χ0) is 19.9. The van der Waals surface area contributed by atoms with Crippen LogP contribution >= 0.6 is 11.6 Å². The molecule has 0 aliphatic heterocycles. The van der Waals surface area contributed by atoms with Crippen LogP contribution in [0.5, 0.6) is 11.5 Å². The number of carbonyl (C=O) groups is 1. The molecule has 0 radical (unpaired) electrons. The number of nitrogens with zero attached hydrogens (tertiary/aromatic N) is 1. The molecule has 144 valence electrons. The standard InChI is InChI=1S/C21H20ClN3O3/c1-27-17-8-9-19(28-2)18(12-17)25-20-10-7-16(13-23-20)24-21(26)11-14-3-5-15(22)6-4-14/h3-10,12-13H,11H2,1-2H3,(H,23,25)(H,24,26). The largest absolute Gasteiger partial charge is 0.497 e. The van der Waals surface area contributed by atoms with Gasteiger partial charge in [0.2, 0.25) is 5.91 Å². The molecule has 0 spiro atoms. The Morgan fingerprint density at radius 2 is 1.82 bits per heavy atom. The van der Waals surface area contributed by atoms with Crippen molar-refractivity contribution >= 4 is 34.7 Å². The molecule has 2 aromatic carbocycles. The summed E-state index contributed by atoms with van der Waals surface area (Å²) in [5, 5.41) is 6.66. The van der Waals surface area contributed by atoms with Crippen LogP contribution in [0.25, 0.3) is 0 Å². The number of benzene rings is 2. The van der Waals surface area contributed by atoms with Gasteiger partial charge in [0.15, 0.2) is 0 Å². The first-order valence-corrected chi connectivity index (χ1v) is 8.94. The molecule has 7 heteroatoms. The lowest BCUT2D eigenvalue weighted by Crippen LogP contribution is -2.14. The zero-order valence-corrected chi connectivity index (χ0v) is 16.3. The van der Waals surface area contributed by atoms with Crippen LogP contribution in [0.4, 0.5) is 17.2 Å². The molecular weight excluding hydrogens is 378 g/mol. The lowest BCUT2D eigenvalue weighted by Gasteiger charge is -2.12. The second-order valence-corrected chi connectivity index (χ2v) is 6.41. The molecule has 0 saturated carbocycles. The number of rotatable bonds is 7. The van der Waals surface area contributed by atoms with E-state index in [1.165, 1.54) is 0 Å². The quantitative estimate of drug-likeness (QED) is 0.605. The Balaban J connectivity index is 1.63. The van der Waals surface area contributed by atoms with Gasteiger partial charge in [0.1, 0.15) is 17.3 Å². The van der Waals surface area contributed by atoms with Crippen molar-refractivity contribution < 1.29 is 14.3 Å². The SMILES string of the molecule is COc1ccc(OC)c(Nc2ccc(NC(=O)Cc3ccc(Cl)cc3)cn2)c1. The Hall–Kier alpha value is -3.25. The molecule has 0 atom stereocenters. The van der Waals surface area contributed by atoms with Gasteiger partial charge < -0.3 is 20.1 Å². The van der Waals surface area contributed by atoms with Gasteiger partial charge in [-0.05, 0) is 42.0 Å². The Morgan fingerprint density at radius 3 is 2.46 bits per heavy atom. The number of carbonyl (C=O) groups excluding carboxylic acids is 1. The van der Waals surface area contributed by atoms with Gasteiger partial charge in [-0.1, -0.05) is 23.7 Å². The first-order valence-electron chi connectivity index (χ1n) is 8.57. The van der Waals surface area contributed by atoms with Crippen molar-refractivity contribution in [3.05, 3.63) is 71.4 Å². The van der Waals surface area contributed by atoms with E-state index in [4.69, 9.17) is 21.1 Å². The average molecular weight is 398 g/mol. The van der Waals surface area contributed by atoms with E-state index in [-0.39, 0.29) is 12.3 Å². The summed E-state index contributed by atoms with van der Waals surface area (Å²) >= 11 is 5.86. The van der Waals surface area contributed by atoms with E-state index in [0.717, 1.165) is 11.3 Å². The fourth-order valence-electron chi connectivity index (χ4n) is 2.58. The number of aromatic nitrogens is 1. The predicted octanol–water partition coefficient (Wildman–Crippen LogP) is 4.68. The summed E-state index contributed by atoms with van der Waals surface area (Å²) in [6, 6.07) is 16.2. The molecule has 3 rings (SSSR count). The number of methoxy groups -OCH3 is 2. The molecule has 28 heavy (non-hydrogen) atoms. The van der Waals surface area contributed by atoms with E-state index in [0.29, 0.717) is 28.0 Å². The summed E-state index contributed by atoms with van der Waals surface area (Å²) in [5.74, 6) is 1.86. The summed E-state index contributed by atoms with van der Waals surface area (Å²) in [5.41, 5.74) is 2.23. The van der Waals surface area contributed by atoms with Crippen molar-refractivity contribution in [1.82, 2.24) is 4.98 Å². The van der Waals surface area contributed by atoms with Crippen LogP contribution in [-0.4, -0.2) is 25.1 Å². The highest BCUT2D eigenvalue weighted by Crippen LogP contribution is 2.31. The molecule has 1 heterocycles. The van der Waals surface area contributed by atoms with Crippen LogP contribution in [0.2, 0.25) is 5.02 Å². The summed E-state index contributed by atoms with van der Waals surface area (Å²) in [7, 11) is 3.20. The van der Waals surface area contributed by atoms with E-state index in [1.807, 2.05) is 30.3 Å². The highest BCUT2D eigenvalue weighted by Gasteiger charge is 2.08. The van der Waals surface area contributed by atoms with Crippen molar-refractivity contribution in [3.63, 3.8) is 0 Å².